The molecule has 0 fully saturated rings. The molecule has 1 aromatic heterocycles. The van der Waals surface area contributed by atoms with Gasteiger partial charge in [-0.25, -0.2) is 9.18 Å². The first-order valence-electron chi connectivity index (χ1n) is 7.40. The quantitative estimate of drug-likeness (QED) is 0.860. The van der Waals surface area contributed by atoms with Crippen molar-refractivity contribution in [3.8, 4) is 0 Å². The van der Waals surface area contributed by atoms with Crippen LogP contribution in [0.5, 0.6) is 0 Å². The smallest absolute Gasteiger partial charge is 0.322 e. The lowest BCUT2D eigenvalue weighted by Gasteiger charge is -2.33. The highest BCUT2D eigenvalue weighted by molar-refractivity contribution is 5.90. The van der Waals surface area contributed by atoms with Crippen LogP contribution < -0.4 is 5.32 Å². The number of fused-ring (bicyclic) bond motifs is 1. The number of carbonyl (C=O) groups is 2. The minimum Gasteiger partial charge on any atom is -0.468 e. The van der Waals surface area contributed by atoms with Crippen molar-refractivity contribution in [1.29, 1.82) is 0 Å². The van der Waals surface area contributed by atoms with Gasteiger partial charge in [0, 0.05) is 19.2 Å². The standard InChI is InChI=1S/C17H16FN3O3/c1-24-16(22)15-10-21(9-11-4-2-3-5-14(11)15)17(23)20-13-6-12(18)7-19-8-13/h2-8,15H,9-10H2,1H3,(H,20,23). The second-order valence-electron chi connectivity index (χ2n) is 5.48. The van der Waals surface area contributed by atoms with Gasteiger partial charge in [-0.3, -0.25) is 9.78 Å². The van der Waals surface area contributed by atoms with Crippen molar-refractivity contribution in [2.24, 2.45) is 0 Å². The second kappa shape index (κ2) is 6.66. The Hall–Kier alpha value is -2.96. The zero-order chi connectivity index (χ0) is 17.1. The molecule has 24 heavy (non-hydrogen) atoms. The Balaban J connectivity index is 1.82. The zero-order valence-corrected chi connectivity index (χ0v) is 13.0. The van der Waals surface area contributed by atoms with Gasteiger partial charge in [-0.15, -0.1) is 0 Å². The number of hydrogen-bond donors (Lipinski definition) is 1. The third-order valence-corrected chi connectivity index (χ3v) is 3.92. The third kappa shape index (κ3) is 3.19. The maximum Gasteiger partial charge on any atom is 0.322 e. The number of aromatic nitrogens is 1. The summed E-state index contributed by atoms with van der Waals surface area (Å²) in [7, 11) is 1.32. The maximum absolute atomic E-state index is 13.2. The molecule has 0 saturated heterocycles. The largest absolute Gasteiger partial charge is 0.468 e. The molecule has 1 aromatic carbocycles. The highest BCUT2D eigenvalue weighted by Gasteiger charge is 2.33. The molecular weight excluding hydrogens is 313 g/mol. The average molecular weight is 329 g/mol. The molecule has 1 atom stereocenters. The van der Waals surface area contributed by atoms with E-state index in [1.54, 1.807) is 0 Å². The Bertz CT molecular complexity index is 781. The van der Waals surface area contributed by atoms with Gasteiger partial charge in [-0.2, -0.15) is 0 Å². The molecule has 0 bridgehead atoms. The Morgan fingerprint density at radius 3 is 2.88 bits per heavy atom. The summed E-state index contributed by atoms with van der Waals surface area (Å²) in [4.78, 5) is 29.7. The first-order valence-corrected chi connectivity index (χ1v) is 7.40. The summed E-state index contributed by atoms with van der Waals surface area (Å²) in [6, 6.07) is 8.19. The highest BCUT2D eigenvalue weighted by Crippen LogP contribution is 2.29. The summed E-state index contributed by atoms with van der Waals surface area (Å²) in [6.07, 6.45) is 2.41. The fraction of sp³-hybridized carbons (Fsp3) is 0.235. The molecule has 7 heteroatoms. The molecule has 0 aliphatic carbocycles. The molecule has 1 N–H and O–H groups in total. The molecule has 1 aliphatic rings. The minimum atomic E-state index is -0.545. The van der Waals surface area contributed by atoms with E-state index < -0.39 is 23.7 Å². The van der Waals surface area contributed by atoms with E-state index in [4.69, 9.17) is 4.74 Å². The molecule has 124 valence electrons. The van der Waals surface area contributed by atoms with E-state index in [2.05, 4.69) is 10.3 Å². The van der Waals surface area contributed by atoms with Gasteiger partial charge in [0.25, 0.3) is 0 Å². The molecular formula is C17H16FN3O3. The highest BCUT2D eigenvalue weighted by atomic mass is 19.1. The molecule has 1 unspecified atom stereocenters. The third-order valence-electron chi connectivity index (χ3n) is 3.92. The lowest BCUT2D eigenvalue weighted by atomic mass is 9.90. The van der Waals surface area contributed by atoms with Gasteiger partial charge in [0.2, 0.25) is 0 Å². The van der Waals surface area contributed by atoms with Crippen LogP contribution in [0.2, 0.25) is 0 Å². The van der Waals surface area contributed by atoms with Crippen LogP contribution in [0.25, 0.3) is 0 Å². The van der Waals surface area contributed by atoms with Gasteiger partial charge < -0.3 is 15.0 Å². The predicted octanol–water partition coefficient (Wildman–Crippen LogP) is 2.53. The van der Waals surface area contributed by atoms with Crippen LogP contribution in [0.1, 0.15) is 17.0 Å². The molecule has 0 saturated carbocycles. The van der Waals surface area contributed by atoms with Crippen LogP contribution in [-0.4, -0.2) is 35.5 Å². The summed E-state index contributed by atoms with van der Waals surface area (Å²) in [6.45, 7) is 0.552. The van der Waals surface area contributed by atoms with Crippen LogP contribution in [0.3, 0.4) is 0 Å². The van der Waals surface area contributed by atoms with Crippen molar-refractivity contribution in [2.75, 3.05) is 19.0 Å². The molecule has 2 heterocycles. The predicted molar refractivity (Wildman–Crippen MR) is 84.8 cm³/mol. The van der Waals surface area contributed by atoms with Gasteiger partial charge in [0.15, 0.2) is 0 Å². The Kier molecular flexibility index (Phi) is 4.41. The van der Waals surface area contributed by atoms with Gasteiger partial charge in [-0.05, 0) is 11.1 Å². The number of nitrogens with zero attached hydrogens (tertiary/aromatic N) is 2. The lowest BCUT2D eigenvalue weighted by molar-refractivity contribution is -0.143. The number of anilines is 1. The van der Waals surface area contributed by atoms with E-state index in [0.717, 1.165) is 17.3 Å². The number of rotatable bonds is 2. The summed E-state index contributed by atoms with van der Waals surface area (Å²) < 4.78 is 18.0. The number of nitrogens with one attached hydrogen (secondary N) is 1. The monoisotopic (exact) mass is 329 g/mol. The number of hydrogen-bond acceptors (Lipinski definition) is 4. The van der Waals surface area contributed by atoms with E-state index in [0.29, 0.717) is 6.54 Å². The first kappa shape index (κ1) is 15.9. The molecule has 1 aliphatic heterocycles. The maximum atomic E-state index is 13.2. The Morgan fingerprint density at radius 2 is 2.12 bits per heavy atom. The van der Waals surface area contributed by atoms with Crippen LogP contribution in [-0.2, 0) is 16.1 Å². The normalized spacial score (nSPS) is 16.2. The summed E-state index contributed by atoms with van der Waals surface area (Å²) >= 11 is 0. The van der Waals surface area contributed by atoms with Crippen LogP contribution in [0, 0.1) is 5.82 Å². The molecule has 0 radical (unpaired) electrons. The van der Waals surface area contributed by atoms with Crippen molar-refractivity contribution < 1.29 is 18.7 Å². The number of ether oxygens (including phenoxy) is 1. The van der Waals surface area contributed by atoms with Crippen molar-refractivity contribution in [2.45, 2.75) is 12.5 Å². The molecule has 2 aromatic rings. The number of pyridine rings is 1. The van der Waals surface area contributed by atoms with Crippen molar-refractivity contribution in [3.05, 3.63) is 59.7 Å². The number of halogens is 1. The molecule has 6 nitrogen and oxygen atoms in total. The SMILES string of the molecule is COC(=O)C1CN(C(=O)Nc2cncc(F)c2)Cc2ccccc21. The number of urea groups is 1. The number of methoxy groups -OCH3 is 1. The van der Waals surface area contributed by atoms with Crippen molar-refractivity contribution in [3.63, 3.8) is 0 Å². The summed E-state index contributed by atoms with van der Waals surface area (Å²) in [5.74, 6) is -1.48. The number of benzene rings is 1. The Morgan fingerprint density at radius 1 is 1.33 bits per heavy atom. The summed E-state index contributed by atoms with van der Waals surface area (Å²) in [5, 5.41) is 2.59. The van der Waals surface area contributed by atoms with Crippen LogP contribution in [0.15, 0.2) is 42.7 Å². The molecule has 2 amide bonds. The fourth-order valence-corrected chi connectivity index (χ4v) is 2.79. The van der Waals surface area contributed by atoms with E-state index in [1.165, 1.54) is 24.3 Å². The number of amides is 2. The first-order chi connectivity index (χ1) is 11.6. The second-order valence-corrected chi connectivity index (χ2v) is 5.48. The fourth-order valence-electron chi connectivity index (χ4n) is 2.79. The van der Waals surface area contributed by atoms with Crippen LogP contribution >= 0.6 is 0 Å². The van der Waals surface area contributed by atoms with E-state index in [1.807, 2.05) is 24.3 Å². The topological polar surface area (TPSA) is 71.5 Å². The van der Waals surface area contributed by atoms with Crippen molar-refractivity contribution in [1.82, 2.24) is 9.88 Å². The van der Waals surface area contributed by atoms with Gasteiger partial charge in [0.05, 0.1) is 31.1 Å². The van der Waals surface area contributed by atoms with E-state index in [9.17, 15) is 14.0 Å². The van der Waals surface area contributed by atoms with E-state index >= 15 is 0 Å². The minimum absolute atomic E-state index is 0.193. The zero-order valence-electron chi connectivity index (χ0n) is 13.0. The molecule has 3 rings (SSSR count). The molecule has 0 spiro atoms. The number of esters is 1. The average Bonchev–Trinajstić information content (AvgIpc) is 2.60. The lowest BCUT2D eigenvalue weighted by Crippen LogP contribution is -2.43. The van der Waals surface area contributed by atoms with Crippen LogP contribution in [0.4, 0.5) is 14.9 Å². The Labute approximate surface area is 138 Å². The van der Waals surface area contributed by atoms with Crippen molar-refractivity contribution >= 4 is 17.7 Å². The van der Waals surface area contributed by atoms with Gasteiger partial charge >= 0.3 is 12.0 Å². The van der Waals surface area contributed by atoms with E-state index in [-0.39, 0.29) is 12.2 Å². The summed E-state index contributed by atoms with van der Waals surface area (Å²) in [5.41, 5.74) is 2.00. The number of carbonyl (C=O) groups excluding carboxylic acids is 2. The van der Waals surface area contributed by atoms with Gasteiger partial charge in [-0.1, -0.05) is 24.3 Å². The van der Waals surface area contributed by atoms with Gasteiger partial charge in [0.1, 0.15) is 5.82 Å².